The zero-order valence-corrected chi connectivity index (χ0v) is 11.3. The summed E-state index contributed by atoms with van der Waals surface area (Å²) in [6.07, 6.45) is 0. The number of rotatable bonds is 3. The molecule has 0 unspecified atom stereocenters. The van der Waals surface area contributed by atoms with E-state index in [1.54, 1.807) is 25.3 Å². The fourth-order valence-corrected chi connectivity index (χ4v) is 1.95. The number of nitrogens with one attached hydrogen (secondary N) is 1. The minimum Gasteiger partial charge on any atom is -0.495 e. The molecule has 94 valence electrons. The van der Waals surface area contributed by atoms with Crippen LogP contribution in [-0.4, -0.2) is 7.11 Å². The molecule has 5 heteroatoms. The summed E-state index contributed by atoms with van der Waals surface area (Å²) in [6.45, 7) is 0. The molecule has 0 aromatic heterocycles. The fraction of sp³-hybridized carbons (Fsp3) is 0.0769. The van der Waals surface area contributed by atoms with E-state index in [0.29, 0.717) is 11.4 Å². The largest absolute Gasteiger partial charge is 0.495 e. The Balaban J connectivity index is 2.31. The predicted octanol–water partition coefficient (Wildman–Crippen LogP) is 3.92. The van der Waals surface area contributed by atoms with Crippen LogP contribution >= 0.6 is 15.9 Å². The maximum Gasteiger partial charge on any atom is 0.148 e. The highest BCUT2D eigenvalue weighted by molar-refractivity contribution is 9.10. The molecule has 0 saturated carbocycles. The average Bonchev–Trinajstić information content (AvgIpc) is 2.37. The summed E-state index contributed by atoms with van der Waals surface area (Å²) in [5.74, 6) is 0.249. The molecule has 18 heavy (non-hydrogen) atoms. The van der Waals surface area contributed by atoms with Crippen molar-refractivity contribution >= 4 is 33.0 Å². The van der Waals surface area contributed by atoms with Gasteiger partial charge < -0.3 is 15.8 Å². The summed E-state index contributed by atoms with van der Waals surface area (Å²) in [7, 11) is 1.58. The van der Waals surface area contributed by atoms with Gasteiger partial charge in [0, 0.05) is 11.8 Å². The number of nitrogens with two attached hydrogens (primary N) is 1. The van der Waals surface area contributed by atoms with Gasteiger partial charge in [0.1, 0.15) is 11.6 Å². The summed E-state index contributed by atoms with van der Waals surface area (Å²) < 4.78 is 19.3. The van der Waals surface area contributed by atoms with Crippen LogP contribution in [0.15, 0.2) is 40.9 Å². The molecule has 0 atom stereocenters. The smallest absolute Gasteiger partial charge is 0.148 e. The third-order valence-corrected chi connectivity index (χ3v) is 3.14. The third kappa shape index (κ3) is 2.56. The molecule has 0 amide bonds. The molecule has 0 bridgehead atoms. The molecule has 3 N–H and O–H groups in total. The van der Waals surface area contributed by atoms with E-state index in [1.807, 2.05) is 12.1 Å². The summed E-state index contributed by atoms with van der Waals surface area (Å²) >= 11 is 3.36. The summed E-state index contributed by atoms with van der Waals surface area (Å²) in [5.41, 5.74) is 7.05. The number of ether oxygens (including phenoxy) is 1. The Morgan fingerprint density at radius 3 is 2.78 bits per heavy atom. The fourth-order valence-electron chi connectivity index (χ4n) is 1.54. The lowest BCUT2D eigenvalue weighted by Gasteiger charge is -2.11. The van der Waals surface area contributed by atoms with Crippen LogP contribution in [-0.2, 0) is 0 Å². The zero-order chi connectivity index (χ0) is 13.1. The van der Waals surface area contributed by atoms with Crippen LogP contribution in [0.4, 0.5) is 21.5 Å². The Hall–Kier alpha value is -1.75. The van der Waals surface area contributed by atoms with Gasteiger partial charge in [0.15, 0.2) is 0 Å². The molecule has 0 radical (unpaired) electrons. The Morgan fingerprint density at radius 2 is 2.06 bits per heavy atom. The third-order valence-electron chi connectivity index (χ3n) is 2.48. The lowest BCUT2D eigenvalue weighted by molar-refractivity contribution is 0.412. The Labute approximate surface area is 113 Å². The monoisotopic (exact) mass is 310 g/mol. The van der Waals surface area contributed by atoms with Gasteiger partial charge in [-0.3, -0.25) is 0 Å². The van der Waals surface area contributed by atoms with Gasteiger partial charge in [-0.25, -0.2) is 4.39 Å². The SMILES string of the molecule is COc1cc(Nc2cccc(F)c2N)ccc1Br. The highest BCUT2D eigenvalue weighted by Gasteiger charge is 2.06. The second-order valence-corrected chi connectivity index (χ2v) is 4.53. The minimum absolute atomic E-state index is 0.0967. The lowest BCUT2D eigenvalue weighted by atomic mass is 10.2. The van der Waals surface area contributed by atoms with Crippen LogP contribution in [0.1, 0.15) is 0 Å². The van der Waals surface area contributed by atoms with Crippen molar-refractivity contribution in [2.24, 2.45) is 0 Å². The lowest BCUT2D eigenvalue weighted by Crippen LogP contribution is -1.99. The van der Waals surface area contributed by atoms with Crippen molar-refractivity contribution < 1.29 is 9.13 Å². The normalized spacial score (nSPS) is 10.2. The van der Waals surface area contributed by atoms with Crippen LogP contribution in [0.25, 0.3) is 0 Å². The number of benzene rings is 2. The molecule has 0 saturated heterocycles. The van der Waals surface area contributed by atoms with E-state index in [-0.39, 0.29) is 5.69 Å². The van der Waals surface area contributed by atoms with Crippen molar-refractivity contribution in [1.82, 2.24) is 0 Å². The van der Waals surface area contributed by atoms with Gasteiger partial charge >= 0.3 is 0 Å². The van der Waals surface area contributed by atoms with Crippen LogP contribution in [0.5, 0.6) is 5.75 Å². The number of hydrogen-bond acceptors (Lipinski definition) is 3. The van der Waals surface area contributed by atoms with Gasteiger partial charge in [0.25, 0.3) is 0 Å². The summed E-state index contributed by atoms with van der Waals surface area (Å²) in [6, 6.07) is 10.1. The van der Waals surface area contributed by atoms with E-state index >= 15 is 0 Å². The standard InChI is InChI=1S/C13H12BrFN2O/c1-18-12-7-8(5-6-9(12)14)17-11-4-2-3-10(15)13(11)16/h2-7,17H,16H2,1H3. The number of nitrogen functional groups attached to an aromatic ring is 1. The molecule has 0 aliphatic carbocycles. The van der Waals surface area contributed by atoms with Gasteiger partial charge in [-0.2, -0.15) is 0 Å². The van der Waals surface area contributed by atoms with Crippen molar-refractivity contribution in [2.45, 2.75) is 0 Å². The molecule has 0 heterocycles. The van der Waals surface area contributed by atoms with E-state index in [4.69, 9.17) is 10.5 Å². The first-order valence-electron chi connectivity index (χ1n) is 5.26. The molecule has 0 aliphatic rings. The first-order valence-corrected chi connectivity index (χ1v) is 6.05. The van der Waals surface area contributed by atoms with Gasteiger partial charge in [-0.15, -0.1) is 0 Å². The average molecular weight is 311 g/mol. The van der Waals surface area contributed by atoms with Crippen molar-refractivity contribution in [3.05, 3.63) is 46.7 Å². The summed E-state index contributed by atoms with van der Waals surface area (Å²) in [5, 5.41) is 3.05. The van der Waals surface area contributed by atoms with Crippen molar-refractivity contribution in [2.75, 3.05) is 18.2 Å². The number of anilines is 3. The highest BCUT2D eigenvalue weighted by atomic mass is 79.9. The van der Waals surface area contributed by atoms with Crippen molar-refractivity contribution in [1.29, 1.82) is 0 Å². The van der Waals surface area contributed by atoms with E-state index < -0.39 is 5.82 Å². The molecule has 3 nitrogen and oxygen atoms in total. The van der Waals surface area contributed by atoms with Gasteiger partial charge in [-0.05, 0) is 40.2 Å². The molecule has 2 aromatic carbocycles. The molecule has 2 rings (SSSR count). The van der Waals surface area contributed by atoms with Gasteiger partial charge in [0.05, 0.1) is 23.0 Å². The number of hydrogen-bond donors (Lipinski definition) is 2. The number of methoxy groups -OCH3 is 1. The van der Waals surface area contributed by atoms with E-state index in [1.165, 1.54) is 6.07 Å². The maximum absolute atomic E-state index is 13.3. The summed E-state index contributed by atoms with van der Waals surface area (Å²) in [4.78, 5) is 0. The maximum atomic E-state index is 13.3. The van der Waals surface area contributed by atoms with E-state index in [9.17, 15) is 4.39 Å². The zero-order valence-electron chi connectivity index (χ0n) is 9.71. The Bertz CT molecular complexity index is 575. The number of halogens is 2. The van der Waals surface area contributed by atoms with E-state index in [2.05, 4.69) is 21.2 Å². The van der Waals surface area contributed by atoms with Crippen molar-refractivity contribution in [3.8, 4) is 5.75 Å². The molecular weight excluding hydrogens is 299 g/mol. The predicted molar refractivity (Wildman–Crippen MR) is 74.8 cm³/mol. The Morgan fingerprint density at radius 1 is 1.28 bits per heavy atom. The van der Waals surface area contributed by atoms with Crippen LogP contribution in [0.2, 0.25) is 0 Å². The number of para-hydroxylation sites is 1. The second kappa shape index (κ2) is 5.27. The minimum atomic E-state index is -0.441. The van der Waals surface area contributed by atoms with Crippen LogP contribution < -0.4 is 15.8 Å². The molecule has 0 aliphatic heterocycles. The Kier molecular flexibility index (Phi) is 3.72. The molecule has 2 aromatic rings. The molecular formula is C13H12BrFN2O. The first kappa shape index (κ1) is 12.7. The van der Waals surface area contributed by atoms with Gasteiger partial charge in [-0.1, -0.05) is 6.07 Å². The van der Waals surface area contributed by atoms with Crippen LogP contribution in [0.3, 0.4) is 0 Å². The second-order valence-electron chi connectivity index (χ2n) is 3.68. The van der Waals surface area contributed by atoms with Gasteiger partial charge in [0.2, 0.25) is 0 Å². The van der Waals surface area contributed by atoms with Crippen molar-refractivity contribution in [3.63, 3.8) is 0 Å². The van der Waals surface area contributed by atoms with E-state index in [0.717, 1.165) is 10.2 Å². The van der Waals surface area contributed by atoms with Crippen LogP contribution in [0, 0.1) is 5.82 Å². The quantitative estimate of drug-likeness (QED) is 0.845. The highest BCUT2D eigenvalue weighted by Crippen LogP contribution is 2.31. The topological polar surface area (TPSA) is 47.3 Å². The molecule has 0 spiro atoms. The molecule has 0 fully saturated rings. The first-order chi connectivity index (χ1) is 8.61.